The van der Waals surface area contributed by atoms with Gasteiger partial charge in [0.05, 0.1) is 11.3 Å². The van der Waals surface area contributed by atoms with Crippen LogP contribution in [0.4, 0.5) is 10.1 Å². The molecule has 0 bridgehead atoms. The van der Waals surface area contributed by atoms with E-state index in [1.165, 1.54) is 30.6 Å². The highest BCUT2D eigenvalue weighted by atomic mass is 19.1. The summed E-state index contributed by atoms with van der Waals surface area (Å²) >= 11 is 0. The van der Waals surface area contributed by atoms with Crippen LogP contribution >= 0.6 is 0 Å². The number of hydrogen-bond donors (Lipinski definition) is 0. The molecule has 114 valence electrons. The Balaban J connectivity index is 1.65. The van der Waals surface area contributed by atoms with Crippen molar-refractivity contribution < 1.29 is 13.9 Å². The molecule has 22 heavy (non-hydrogen) atoms. The Morgan fingerprint density at radius 2 is 1.68 bits per heavy atom. The molecule has 6 heteroatoms. The summed E-state index contributed by atoms with van der Waals surface area (Å²) in [5, 5.41) is 11.0. The van der Waals surface area contributed by atoms with Gasteiger partial charge in [0.1, 0.15) is 5.82 Å². The molecule has 0 aliphatic carbocycles. The molecule has 0 saturated carbocycles. The number of piperazine rings is 1. The van der Waals surface area contributed by atoms with Crippen LogP contribution in [-0.4, -0.2) is 37.0 Å². The normalized spacial score (nSPS) is 15.0. The van der Waals surface area contributed by atoms with Gasteiger partial charge < -0.3 is 15.0 Å². The fourth-order valence-electron chi connectivity index (χ4n) is 2.60. The molecule has 1 aromatic heterocycles. The molecular formula is C16H16FN3O2. The molecule has 5 nitrogen and oxygen atoms in total. The summed E-state index contributed by atoms with van der Waals surface area (Å²) in [6, 6.07) is 9.68. The number of benzene rings is 1. The van der Waals surface area contributed by atoms with Crippen molar-refractivity contribution in [3.8, 4) is 0 Å². The van der Waals surface area contributed by atoms with Gasteiger partial charge in [-0.05, 0) is 12.1 Å². The molecular weight excluding hydrogens is 285 g/mol. The quantitative estimate of drug-likeness (QED) is 0.623. The molecule has 2 heterocycles. The van der Waals surface area contributed by atoms with Crippen molar-refractivity contribution in [2.24, 2.45) is 0 Å². The number of carbonyl (C=O) groups is 1. The molecule has 1 aliphatic heterocycles. The highest BCUT2D eigenvalue weighted by molar-refractivity contribution is 5.94. The summed E-state index contributed by atoms with van der Waals surface area (Å²) in [5.74, 6) is -0.348. The minimum Gasteiger partial charge on any atom is -0.619 e. The standard InChI is InChI=1S/C16H16FN3O2/c17-14-3-1-2-4-15(14)18-9-11-19(12-10-18)16(21)13-5-7-20(22)8-6-13/h1-8H,9-12H2. The third-order valence-corrected chi connectivity index (χ3v) is 3.81. The lowest BCUT2D eigenvalue weighted by Crippen LogP contribution is -2.49. The first-order chi connectivity index (χ1) is 10.6. The van der Waals surface area contributed by atoms with E-state index in [1.54, 1.807) is 23.1 Å². The van der Waals surface area contributed by atoms with Crippen LogP contribution in [0, 0.1) is 11.0 Å². The first kappa shape index (κ1) is 14.3. The highest BCUT2D eigenvalue weighted by Crippen LogP contribution is 2.20. The average molecular weight is 301 g/mol. The van der Waals surface area contributed by atoms with Crippen molar-refractivity contribution in [2.45, 2.75) is 0 Å². The van der Waals surface area contributed by atoms with E-state index in [4.69, 9.17) is 0 Å². The fourth-order valence-corrected chi connectivity index (χ4v) is 2.60. The number of pyridine rings is 1. The van der Waals surface area contributed by atoms with Crippen LogP contribution in [-0.2, 0) is 0 Å². The van der Waals surface area contributed by atoms with E-state index in [1.807, 2.05) is 4.90 Å². The van der Waals surface area contributed by atoms with Crippen molar-refractivity contribution in [2.75, 3.05) is 31.1 Å². The van der Waals surface area contributed by atoms with Gasteiger partial charge in [-0.2, -0.15) is 4.73 Å². The summed E-state index contributed by atoms with van der Waals surface area (Å²) in [4.78, 5) is 16.0. The van der Waals surface area contributed by atoms with E-state index in [2.05, 4.69) is 0 Å². The molecule has 0 N–H and O–H groups in total. The summed E-state index contributed by atoms with van der Waals surface area (Å²) in [5.41, 5.74) is 1.06. The van der Waals surface area contributed by atoms with Crippen LogP contribution in [0.2, 0.25) is 0 Å². The van der Waals surface area contributed by atoms with E-state index in [-0.39, 0.29) is 11.7 Å². The Kier molecular flexibility index (Phi) is 3.91. The van der Waals surface area contributed by atoms with Gasteiger partial charge in [0.15, 0.2) is 12.4 Å². The monoisotopic (exact) mass is 301 g/mol. The number of anilines is 1. The van der Waals surface area contributed by atoms with Gasteiger partial charge in [-0.25, -0.2) is 4.39 Å². The third-order valence-electron chi connectivity index (χ3n) is 3.81. The zero-order valence-electron chi connectivity index (χ0n) is 12.0. The molecule has 0 spiro atoms. The Labute approximate surface area is 127 Å². The van der Waals surface area contributed by atoms with E-state index in [0.717, 1.165) is 0 Å². The Morgan fingerprint density at radius 3 is 2.32 bits per heavy atom. The number of aromatic nitrogens is 1. The number of para-hydroxylation sites is 1. The third kappa shape index (κ3) is 2.86. The topological polar surface area (TPSA) is 50.5 Å². The van der Waals surface area contributed by atoms with Gasteiger partial charge in [-0.15, -0.1) is 0 Å². The van der Waals surface area contributed by atoms with E-state index >= 15 is 0 Å². The second kappa shape index (κ2) is 6.01. The molecule has 1 aromatic carbocycles. The zero-order chi connectivity index (χ0) is 15.5. The van der Waals surface area contributed by atoms with Crippen molar-refractivity contribution in [3.05, 3.63) is 65.4 Å². The van der Waals surface area contributed by atoms with Gasteiger partial charge in [0.25, 0.3) is 5.91 Å². The highest BCUT2D eigenvalue weighted by Gasteiger charge is 2.23. The molecule has 1 aliphatic rings. The first-order valence-corrected chi connectivity index (χ1v) is 7.13. The molecule has 3 rings (SSSR count). The maximum Gasteiger partial charge on any atom is 0.254 e. The Hall–Kier alpha value is -2.63. The van der Waals surface area contributed by atoms with Crippen LogP contribution in [0.5, 0.6) is 0 Å². The molecule has 0 unspecified atom stereocenters. The number of halogens is 1. The predicted molar refractivity (Wildman–Crippen MR) is 79.9 cm³/mol. The summed E-state index contributed by atoms with van der Waals surface area (Å²) in [7, 11) is 0. The fraction of sp³-hybridized carbons (Fsp3) is 0.250. The van der Waals surface area contributed by atoms with Crippen molar-refractivity contribution >= 4 is 11.6 Å². The largest absolute Gasteiger partial charge is 0.619 e. The Morgan fingerprint density at radius 1 is 1.05 bits per heavy atom. The van der Waals surface area contributed by atoms with Gasteiger partial charge in [0.2, 0.25) is 0 Å². The van der Waals surface area contributed by atoms with Gasteiger partial charge in [-0.1, -0.05) is 12.1 Å². The van der Waals surface area contributed by atoms with Crippen LogP contribution in [0.15, 0.2) is 48.8 Å². The second-order valence-electron chi connectivity index (χ2n) is 5.18. The summed E-state index contributed by atoms with van der Waals surface area (Å²) in [6.45, 7) is 2.22. The molecule has 1 amide bonds. The molecule has 1 saturated heterocycles. The minimum atomic E-state index is -0.245. The van der Waals surface area contributed by atoms with Crippen molar-refractivity contribution in [1.29, 1.82) is 0 Å². The molecule has 0 atom stereocenters. The number of hydrogen-bond acceptors (Lipinski definition) is 3. The molecule has 0 radical (unpaired) electrons. The summed E-state index contributed by atoms with van der Waals surface area (Å²) in [6.07, 6.45) is 2.62. The van der Waals surface area contributed by atoms with Crippen molar-refractivity contribution in [1.82, 2.24) is 4.90 Å². The van der Waals surface area contributed by atoms with E-state index in [0.29, 0.717) is 42.2 Å². The second-order valence-corrected chi connectivity index (χ2v) is 5.18. The molecule has 2 aromatic rings. The van der Waals surface area contributed by atoms with Crippen LogP contribution in [0.1, 0.15) is 10.4 Å². The van der Waals surface area contributed by atoms with Gasteiger partial charge >= 0.3 is 0 Å². The van der Waals surface area contributed by atoms with Crippen LogP contribution in [0.3, 0.4) is 0 Å². The average Bonchev–Trinajstić information content (AvgIpc) is 2.56. The number of nitrogens with zero attached hydrogens (tertiary/aromatic N) is 3. The Bertz CT molecular complexity index is 667. The number of amides is 1. The van der Waals surface area contributed by atoms with E-state index < -0.39 is 0 Å². The van der Waals surface area contributed by atoms with Gasteiger partial charge in [-0.3, -0.25) is 4.79 Å². The van der Waals surface area contributed by atoms with Crippen LogP contribution in [0.25, 0.3) is 0 Å². The minimum absolute atomic E-state index is 0.103. The number of rotatable bonds is 2. The maximum absolute atomic E-state index is 13.8. The molecule has 1 fully saturated rings. The first-order valence-electron chi connectivity index (χ1n) is 7.13. The predicted octanol–water partition coefficient (Wildman–Crippen LogP) is 1.42. The van der Waals surface area contributed by atoms with Gasteiger partial charge in [0, 0.05) is 38.3 Å². The number of carbonyl (C=O) groups excluding carboxylic acids is 1. The van der Waals surface area contributed by atoms with Crippen LogP contribution < -0.4 is 9.63 Å². The lowest BCUT2D eigenvalue weighted by Gasteiger charge is -2.36. The maximum atomic E-state index is 13.8. The lowest BCUT2D eigenvalue weighted by atomic mass is 10.2. The smallest absolute Gasteiger partial charge is 0.254 e. The van der Waals surface area contributed by atoms with Crippen molar-refractivity contribution in [3.63, 3.8) is 0 Å². The zero-order valence-corrected chi connectivity index (χ0v) is 12.0. The summed E-state index contributed by atoms with van der Waals surface area (Å²) < 4.78 is 14.4. The van der Waals surface area contributed by atoms with E-state index in [9.17, 15) is 14.4 Å². The lowest BCUT2D eigenvalue weighted by molar-refractivity contribution is -0.605. The SMILES string of the molecule is O=C(c1cc[n+]([O-])cc1)N1CCN(c2ccccc2F)CC1.